The number of aromatic nitrogens is 1. The van der Waals surface area contributed by atoms with Gasteiger partial charge in [-0.15, -0.1) is 0 Å². The van der Waals surface area contributed by atoms with Gasteiger partial charge in [-0.05, 0) is 42.3 Å². The van der Waals surface area contributed by atoms with E-state index in [4.69, 9.17) is 15.6 Å². The molecule has 6 heteroatoms. The van der Waals surface area contributed by atoms with Gasteiger partial charge in [-0.3, -0.25) is 9.78 Å². The number of amides is 1. The lowest BCUT2D eigenvalue weighted by atomic mass is 10.1. The van der Waals surface area contributed by atoms with Crippen LogP contribution in [-0.2, 0) is 4.79 Å². The number of aliphatic hydroxyl groups is 1. The van der Waals surface area contributed by atoms with Crippen molar-refractivity contribution in [3.8, 4) is 5.75 Å². The standard InChI is InChI=1S/C17H17N3O3/c18-13-2-3-14-15(11-13)23-16(10-12-4-6-19-7-5-12)17(22)20(14)8-1-9-21/h2-7,10-11,21H,1,8-9,18H2/b16-10+. The van der Waals surface area contributed by atoms with Crippen LogP contribution in [0.1, 0.15) is 12.0 Å². The van der Waals surface area contributed by atoms with Crippen molar-refractivity contribution in [2.45, 2.75) is 6.42 Å². The Bertz CT molecular complexity index is 744. The summed E-state index contributed by atoms with van der Waals surface area (Å²) < 4.78 is 5.75. The molecule has 1 amide bonds. The fourth-order valence-electron chi connectivity index (χ4n) is 2.39. The van der Waals surface area contributed by atoms with Crippen molar-refractivity contribution >= 4 is 23.4 Å². The van der Waals surface area contributed by atoms with Gasteiger partial charge in [0.1, 0.15) is 0 Å². The van der Waals surface area contributed by atoms with E-state index in [9.17, 15) is 4.79 Å². The molecule has 2 aromatic rings. The third kappa shape index (κ3) is 3.17. The summed E-state index contributed by atoms with van der Waals surface area (Å²) in [6.07, 6.45) is 5.45. The average Bonchev–Trinajstić information content (AvgIpc) is 2.56. The maximum Gasteiger partial charge on any atom is 0.294 e. The van der Waals surface area contributed by atoms with E-state index in [0.29, 0.717) is 30.1 Å². The van der Waals surface area contributed by atoms with Gasteiger partial charge < -0.3 is 20.5 Å². The van der Waals surface area contributed by atoms with Crippen LogP contribution < -0.4 is 15.4 Å². The lowest BCUT2D eigenvalue weighted by Gasteiger charge is -2.30. The summed E-state index contributed by atoms with van der Waals surface area (Å²) in [5.74, 6) is 0.502. The summed E-state index contributed by atoms with van der Waals surface area (Å²) in [5.41, 5.74) is 7.84. The van der Waals surface area contributed by atoms with Gasteiger partial charge in [0.15, 0.2) is 11.5 Å². The van der Waals surface area contributed by atoms with Crippen LogP contribution in [0.25, 0.3) is 6.08 Å². The van der Waals surface area contributed by atoms with Crippen molar-refractivity contribution in [3.63, 3.8) is 0 Å². The molecule has 0 atom stereocenters. The third-order valence-electron chi connectivity index (χ3n) is 3.49. The molecular formula is C17H17N3O3. The zero-order valence-electron chi connectivity index (χ0n) is 12.5. The number of anilines is 2. The second-order valence-electron chi connectivity index (χ2n) is 5.15. The molecule has 118 valence electrons. The van der Waals surface area contributed by atoms with Crippen LogP contribution in [0.3, 0.4) is 0 Å². The Labute approximate surface area is 133 Å². The molecular weight excluding hydrogens is 294 g/mol. The molecule has 0 unspecified atom stereocenters. The van der Waals surface area contributed by atoms with Crippen LogP contribution in [0.5, 0.6) is 5.75 Å². The van der Waals surface area contributed by atoms with Crippen molar-refractivity contribution in [1.29, 1.82) is 0 Å². The highest BCUT2D eigenvalue weighted by Gasteiger charge is 2.30. The van der Waals surface area contributed by atoms with Crippen LogP contribution in [-0.4, -0.2) is 29.1 Å². The zero-order chi connectivity index (χ0) is 16.2. The Morgan fingerprint density at radius 2 is 2.04 bits per heavy atom. The molecule has 0 saturated heterocycles. The summed E-state index contributed by atoms with van der Waals surface area (Å²) in [6, 6.07) is 8.74. The molecule has 23 heavy (non-hydrogen) atoms. The fourth-order valence-corrected chi connectivity index (χ4v) is 2.39. The van der Waals surface area contributed by atoms with E-state index in [1.165, 1.54) is 0 Å². The minimum Gasteiger partial charge on any atom is -0.449 e. The second kappa shape index (κ2) is 6.50. The highest BCUT2D eigenvalue weighted by Crippen LogP contribution is 2.37. The average molecular weight is 311 g/mol. The molecule has 1 aliphatic heterocycles. The first-order chi connectivity index (χ1) is 11.2. The van der Waals surface area contributed by atoms with Gasteiger partial charge in [-0.2, -0.15) is 0 Å². The van der Waals surface area contributed by atoms with E-state index in [1.807, 2.05) is 0 Å². The molecule has 0 radical (unpaired) electrons. The van der Waals surface area contributed by atoms with Gasteiger partial charge in [0.05, 0.1) is 5.69 Å². The predicted octanol–water partition coefficient (Wildman–Crippen LogP) is 1.81. The molecule has 1 aliphatic rings. The second-order valence-corrected chi connectivity index (χ2v) is 5.15. The van der Waals surface area contributed by atoms with Crippen molar-refractivity contribution in [2.75, 3.05) is 23.8 Å². The van der Waals surface area contributed by atoms with E-state index in [-0.39, 0.29) is 18.3 Å². The quantitative estimate of drug-likeness (QED) is 0.664. The lowest BCUT2D eigenvalue weighted by molar-refractivity contribution is -0.117. The number of rotatable bonds is 4. The zero-order valence-corrected chi connectivity index (χ0v) is 12.5. The highest BCUT2D eigenvalue weighted by molar-refractivity contribution is 6.10. The van der Waals surface area contributed by atoms with Crippen LogP contribution in [0, 0.1) is 0 Å². The van der Waals surface area contributed by atoms with Crippen LogP contribution in [0.15, 0.2) is 48.5 Å². The monoisotopic (exact) mass is 311 g/mol. The molecule has 1 aromatic heterocycles. The molecule has 0 aliphatic carbocycles. The number of carbonyl (C=O) groups excluding carboxylic acids is 1. The molecule has 0 bridgehead atoms. The lowest BCUT2D eigenvalue weighted by Crippen LogP contribution is -2.38. The fraction of sp³-hybridized carbons (Fsp3) is 0.176. The number of hydrogen-bond donors (Lipinski definition) is 2. The first kappa shape index (κ1) is 15.1. The molecule has 3 rings (SSSR count). The number of nitrogens with zero attached hydrogens (tertiary/aromatic N) is 2. The molecule has 0 saturated carbocycles. The molecule has 3 N–H and O–H groups in total. The highest BCUT2D eigenvalue weighted by atomic mass is 16.5. The normalized spacial score (nSPS) is 15.4. The Kier molecular flexibility index (Phi) is 4.25. The van der Waals surface area contributed by atoms with Crippen molar-refractivity contribution < 1.29 is 14.6 Å². The smallest absolute Gasteiger partial charge is 0.294 e. The molecule has 1 aromatic carbocycles. The number of hydrogen-bond acceptors (Lipinski definition) is 5. The van der Waals surface area contributed by atoms with Gasteiger partial charge in [-0.25, -0.2) is 0 Å². The molecule has 0 fully saturated rings. The number of nitrogen functional groups attached to an aromatic ring is 1. The number of carbonyl (C=O) groups is 1. The van der Waals surface area contributed by atoms with Crippen molar-refractivity contribution in [2.24, 2.45) is 0 Å². The molecule has 0 spiro atoms. The number of fused-ring (bicyclic) bond motifs is 1. The first-order valence-corrected chi connectivity index (χ1v) is 7.31. The van der Waals surface area contributed by atoms with Crippen LogP contribution in [0.4, 0.5) is 11.4 Å². The van der Waals surface area contributed by atoms with E-state index >= 15 is 0 Å². The topological polar surface area (TPSA) is 88.7 Å². The number of ether oxygens (including phenoxy) is 1. The number of nitrogens with two attached hydrogens (primary N) is 1. The SMILES string of the molecule is Nc1ccc2c(c1)O/C(=C/c1ccncc1)C(=O)N2CCCO. The minimum atomic E-state index is -0.243. The van der Waals surface area contributed by atoms with Gasteiger partial charge >= 0.3 is 0 Å². The number of benzene rings is 1. The van der Waals surface area contributed by atoms with E-state index in [2.05, 4.69) is 4.98 Å². The van der Waals surface area contributed by atoms with Gasteiger partial charge in [0, 0.05) is 37.3 Å². The maximum absolute atomic E-state index is 12.7. The van der Waals surface area contributed by atoms with Crippen LogP contribution >= 0.6 is 0 Å². The third-order valence-corrected chi connectivity index (χ3v) is 3.49. The Hall–Kier alpha value is -2.86. The predicted molar refractivity (Wildman–Crippen MR) is 87.8 cm³/mol. The van der Waals surface area contributed by atoms with E-state index in [0.717, 1.165) is 5.56 Å². The number of pyridine rings is 1. The van der Waals surface area contributed by atoms with Crippen molar-refractivity contribution in [3.05, 3.63) is 54.0 Å². The summed E-state index contributed by atoms with van der Waals surface area (Å²) in [4.78, 5) is 18.2. The maximum atomic E-state index is 12.7. The Morgan fingerprint density at radius 3 is 2.78 bits per heavy atom. The Morgan fingerprint density at radius 1 is 1.26 bits per heavy atom. The van der Waals surface area contributed by atoms with E-state index in [1.54, 1.807) is 53.7 Å². The van der Waals surface area contributed by atoms with Crippen molar-refractivity contribution in [1.82, 2.24) is 4.98 Å². The summed E-state index contributed by atoms with van der Waals surface area (Å²) in [6.45, 7) is 0.418. The Balaban J connectivity index is 2.01. The van der Waals surface area contributed by atoms with Crippen LogP contribution in [0.2, 0.25) is 0 Å². The summed E-state index contributed by atoms with van der Waals surface area (Å²) in [5, 5.41) is 9.07. The van der Waals surface area contributed by atoms with Gasteiger partial charge in [-0.1, -0.05) is 0 Å². The minimum absolute atomic E-state index is 0.0122. The number of aliphatic hydroxyl groups excluding tert-OH is 1. The van der Waals surface area contributed by atoms with Gasteiger partial charge in [0.25, 0.3) is 5.91 Å². The summed E-state index contributed by atoms with van der Waals surface area (Å²) in [7, 11) is 0. The molecule has 6 nitrogen and oxygen atoms in total. The van der Waals surface area contributed by atoms with Gasteiger partial charge in [0.2, 0.25) is 0 Å². The largest absolute Gasteiger partial charge is 0.449 e. The summed E-state index contributed by atoms with van der Waals surface area (Å²) >= 11 is 0. The molecule has 2 heterocycles. The first-order valence-electron chi connectivity index (χ1n) is 7.31. The van der Waals surface area contributed by atoms with E-state index < -0.39 is 0 Å².